The van der Waals surface area contributed by atoms with Crippen molar-refractivity contribution < 1.29 is 17.6 Å². The molecule has 2 N–H and O–H groups in total. The van der Waals surface area contributed by atoms with Crippen LogP contribution < -0.4 is 10.0 Å². The Hall–Kier alpha value is -2.90. The molecule has 3 rings (SSSR count). The van der Waals surface area contributed by atoms with Crippen molar-refractivity contribution in [3.05, 3.63) is 88.2 Å². The van der Waals surface area contributed by atoms with Gasteiger partial charge in [-0.15, -0.1) is 0 Å². The smallest absolute Gasteiger partial charge is 0.262 e. The summed E-state index contributed by atoms with van der Waals surface area (Å²) in [6.07, 6.45) is 0.642. The first kappa shape index (κ1) is 21.8. The number of hydrogen-bond acceptors (Lipinski definition) is 3. The van der Waals surface area contributed by atoms with Crippen molar-refractivity contribution in [3.8, 4) is 0 Å². The highest BCUT2D eigenvalue weighted by Crippen LogP contribution is 2.26. The molecule has 0 spiro atoms. The Balaban J connectivity index is 1.84. The topological polar surface area (TPSA) is 75.3 Å². The average Bonchev–Trinajstić information content (AvgIpc) is 2.71. The lowest BCUT2D eigenvalue weighted by molar-refractivity contribution is 0.102. The van der Waals surface area contributed by atoms with Crippen LogP contribution in [0.2, 0.25) is 5.02 Å². The molecular weight excluding hydrogens is 427 g/mol. The number of amides is 1. The maximum Gasteiger partial charge on any atom is 0.262 e. The quantitative estimate of drug-likeness (QED) is 0.532. The lowest BCUT2D eigenvalue weighted by atomic mass is 10.1. The summed E-state index contributed by atoms with van der Waals surface area (Å²) in [6, 6.07) is 14.9. The van der Waals surface area contributed by atoms with Gasteiger partial charge in [0.1, 0.15) is 5.82 Å². The van der Waals surface area contributed by atoms with E-state index in [1.165, 1.54) is 24.3 Å². The van der Waals surface area contributed by atoms with Crippen LogP contribution in [0.5, 0.6) is 0 Å². The molecule has 8 heteroatoms. The number of nitrogens with one attached hydrogen (secondary N) is 2. The third-order valence-electron chi connectivity index (χ3n) is 4.58. The van der Waals surface area contributed by atoms with E-state index >= 15 is 0 Å². The van der Waals surface area contributed by atoms with Gasteiger partial charge < -0.3 is 5.32 Å². The number of sulfonamides is 1. The molecule has 0 heterocycles. The Labute approximate surface area is 179 Å². The van der Waals surface area contributed by atoms with Crippen LogP contribution in [0.25, 0.3) is 0 Å². The molecule has 3 aromatic carbocycles. The molecule has 0 radical (unpaired) electrons. The Morgan fingerprint density at radius 2 is 1.77 bits per heavy atom. The highest BCUT2D eigenvalue weighted by Gasteiger charge is 2.19. The summed E-state index contributed by atoms with van der Waals surface area (Å²) < 4.78 is 42.7. The standard InChI is InChI=1S/C22H20ClFN2O3S/c1-3-15-6-4-5-14(2)21(15)26-30(28,29)18-11-12-20(19(24)13-18)25-22(27)16-7-9-17(23)10-8-16/h4-13,26H,3H2,1-2H3,(H,25,27). The van der Waals surface area contributed by atoms with Crippen molar-refractivity contribution >= 4 is 38.9 Å². The zero-order valence-electron chi connectivity index (χ0n) is 16.4. The first-order chi connectivity index (χ1) is 14.2. The zero-order valence-corrected chi connectivity index (χ0v) is 17.9. The van der Waals surface area contributed by atoms with Crippen LogP contribution in [0.15, 0.2) is 65.6 Å². The molecule has 156 valence electrons. The van der Waals surface area contributed by atoms with Gasteiger partial charge in [-0.2, -0.15) is 0 Å². The van der Waals surface area contributed by atoms with Crippen LogP contribution in [-0.4, -0.2) is 14.3 Å². The molecule has 0 fully saturated rings. The second-order valence-corrected chi connectivity index (χ2v) is 8.79. The predicted octanol–water partition coefficient (Wildman–Crippen LogP) is 5.40. The fourth-order valence-corrected chi connectivity index (χ4v) is 4.23. The average molecular weight is 447 g/mol. The monoisotopic (exact) mass is 446 g/mol. The number of carbonyl (C=O) groups excluding carboxylic acids is 1. The van der Waals surface area contributed by atoms with Gasteiger partial charge in [0, 0.05) is 10.6 Å². The minimum absolute atomic E-state index is 0.126. The molecule has 0 atom stereocenters. The fourth-order valence-electron chi connectivity index (χ4n) is 2.92. The third kappa shape index (κ3) is 4.80. The minimum atomic E-state index is -4.01. The largest absolute Gasteiger partial charge is 0.319 e. The summed E-state index contributed by atoms with van der Waals surface area (Å²) in [5.74, 6) is -1.40. The Kier molecular flexibility index (Phi) is 6.43. The van der Waals surface area contributed by atoms with Gasteiger partial charge in [0.15, 0.2) is 0 Å². The fraction of sp³-hybridized carbons (Fsp3) is 0.136. The molecule has 0 bridgehead atoms. The summed E-state index contributed by atoms with van der Waals surface area (Å²) in [5, 5.41) is 2.90. The number of aryl methyl sites for hydroxylation is 2. The van der Waals surface area contributed by atoms with E-state index in [-0.39, 0.29) is 10.6 Å². The van der Waals surface area contributed by atoms with Gasteiger partial charge in [-0.05, 0) is 66.9 Å². The Morgan fingerprint density at radius 3 is 2.40 bits per heavy atom. The first-order valence-electron chi connectivity index (χ1n) is 9.19. The number of anilines is 2. The molecular formula is C22H20ClFN2O3S. The van der Waals surface area contributed by atoms with Crippen LogP contribution >= 0.6 is 11.6 Å². The van der Waals surface area contributed by atoms with E-state index in [9.17, 15) is 17.6 Å². The molecule has 1 amide bonds. The lowest BCUT2D eigenvalue weighted by Gasteiger charge is -2.15. The summed E-state index contributed by atoms with van der Waals surface area (Å²) in [7, 11) is -4.01. The number of benzene rings is 3. The maximum absolute atomic E-state index is 14.6. The number of hydrogen-bond donors (Lipinski definition) is 2. The lowest BCUT2D eigenvalue weighted by Crippen LogP contribution is -2.16. The van der Waals surface area contributed by atoms with Crippen LogP contribution in [0.1, 0.15) is 28.4 Å². The van der Waals surface area contributed by atoms with Gasteiger partial charge in [0.2, 0.25) is 0 Å². The van der Waals surface area contributed by atoms with Gasteiger partial charge in [-0.3, -0.25) is 9.52 Å². The van der Waals surface area contributed by atoms with Gasteiger partial charge in [0.25, 0.3) is 15.9 Å². The van der Waals surface area contributed by atoms with Crippen LogP contribution in [-0.2, 0) is 16.4 Å². The third-order valence-corrected chi connectivity index (χ3v) is 6.18. The van der Waals surface area contributed by atoms with E-state index in [2.05, 4.69) is 10.0 Å². The molecule has 3 aromatic rings. The molecule has 0 aliphatic carbocycles. The van der Waals surface area contributed by atoms with Gasteiger partial charge >= 0.3 is 0 Å². The van der Waals surface area contributed by atoms with Crippen LogP contribution in [0, 0.1) is 12.7 Å². The molecule has 0 unspecified atom stereocenters. The van der Waals surface area contributed by atoms with E-state index in [1.807, 2.05) is 19.1 Å². The number of halogens is 2. The number of para-hydroxylation sites is 1. The summed E-state index contributed by atoms with van der Waals surface area (Å²) in [4.78, 5) is 12.0. The van der Waals surface area contributed by atoms with Crippen LogP contribution in [0.3, 0.4) is 0 Å². The normalized spacial score (nSPS) is 11.2. The van der Waals surface area contributed by atoms with E-state index in [1.54, 1.807) is 25.1 Å². The molecule has 0 saturated carbocycles. The molecule has 0 aliphatic heterocycles. The molecule has 0 aromatic heterocycles. The summed E-state index contributed by atoms with van der Waals surface area (Å²) in [5.41, 5.74) is 2.26. The van der Waals surface area contributed by atoms with Crippen molar-refractivity contribution in [3.63, 3.8) is 0 Å². The zero-order chi connectivity index (χ0) is 21.9. The van der Waals surface area contributed by atoms with Crippen molar-refractivity contribution in [2.45, 2.75) is 25.2 Å². The van der Waals surface area contributed by atoms with Crippen molar-refractivity contribution in [1.29, 1.82) is 0 Å². The first-order valence-corrected chi connectivity index (χ1v) is 11.0. The van der Waals surface area contributed by atoms with Crippen molar-refractivity contribution in [2.75, 3.05) is 10.0 Å². The van der Waals surface area contributed by atoms with E-state index in [0.717, 1.165) is 17.2 Å². The summed E-state index contributed by atoms with van der Waals surface area (Å²) >= 11 is 5.79. The molecule has 30 heavy (non-hydrogen) atoms. The Morgan fingerprint density at radius 1 is 1.07 bits per heavy atom. The molecule has 0 aliphatic rings. The molecule has 0 saturated heterocycles. The summed E-state index contributed by atoms with van der Waals surface area (Å²) in [6.45, 7) is 3.72. The number of rotatable bonds is 6. The molecule has 5 nitrogen and oxygen atoms in total. The minimum Gasteiger partial charge on any atom is -0.319 e. The second-order valence-electron chi connectivity index (χ2n) is 6.67. The van der Waals surface area contributed by atoms with Crippen molar-refractivity contribution in [2.24, 2.45) is 0 Å². The highest BCUT2D eigenvalue weighted by molar-refractivity contribution is 7.92. The van der Waals surface area contributed by atoms with Gasteiger partial charge in [-0.25, -0.2) is 12.8 Å². The SMILES string of the molecule is CCc1cccc(C)c1NS(=O)(=O)c1ccc(NC(=O)c2ccc(Cl)cc2)c(F)c1. The van der Waals surface area contributed by atoms with E-state index < -0.39 is 21.7 Å². The van der Waals surface area contributed by atoms with Crippen LogP contribution in [0.4, 0.5) is 15.8 Å². The number of carbonyl (C=O) groups is 1. The van der Waals surface area contributed by atoms with E-state index in [0.29, 0.717) is 22.7 Å². The van der Waals surface area contributed by atoms with Gasteiger partial charge in [-0.1, -0.05) is 36.7 Å². The predicted molar refractivity (Wildman–Crippen MR) is 117 cm³/mol. The van der Waals surface area contributed by atoms with Crippen molar-refractivity contribution in [1.82, 2.24) is 0 Å². The second kappa shape index (κ2) is 8.85. The van der Waals surface area contributed by atoms with E-state index in [4.69, 9.17) is 11.6 Å². The maximum atomic E-state index is 14.6. The highest BCUT2D eigenvalue weighted by atomic mass is 35.5. The Bertz CT molecular complexity index is 1200. The van der Waals surface area contributed by atoms with Gasteiger partial charge in [0.05, 0.1) is 16.3 Å².